The lowest BCUT2D eigenvalue weighted by atomic mass is 10.2. The Morgan fingerprint density at radius 2 is 1.69 bits per heavy atom. The third-order valence-electron chi connectivity index (χ3n) is 4.05. The molecule has 2 amide bonds. The van der Waals surface area contributed by atoms with Gasteiger partial charge in [-0.05, 0) is 50.2 Å². The number of nitrogens with one attached hydrogen (secondary N) is 1. The number of anilines is 1. The van der Waals surface area contributed by atoms with Crippen molar-refractivity contribution in [2.45, 2.75) is 20.0 Å². The fourth-order valence-electron chi connectivity index (χ4n) is 2.48. The van der Waals surface area contributed by atoms with Gasteiger partial charge in [0.15, 0.2) is 11.8 Å². The van der Waals surface area contributed by atoms with Crippen LogP contribution in [-0.4, -0.2) is 38.9 Å². The van der Waals surface area contributed by atoms with Crippen molar-refractivity contribution in [1.82, 2.24) is 15.0 Å². The number of benzene rings is 2. The number of amides is 2. The van der Waals surface area contributed by atoms with Crippen LogP contribution in [0.5, 0.6) is 0 Å². The highest BCUT2D eigenvalue weighted by Gasteiger charge is 2.23. The van der Waals surface area contributed by atoms with Gasteiger partial charge in [-0.25, -0.2) is 4.79 Å². The summed E-state index contributed by atoms with van der Waals surface area (Å²) in [7, 11) is 0. The first-order chi connectivity index (χ1) is 13.8. The van der Waals surface area contributed by atoms with Gasteiger partial charge in [0.1, 0.15) is 0 Å². The first-order valence-electron chi connectivity index (χ1n) is 8.76. The predicted molar refractivity (Wildman–Crippen MR) is 105 cm³/mol. The number of esters is 1. The average molecular weight is 393 g/mol. The number of nitrogens with two attached hydrogens (primary N) is 1. The first-order valence-corrected chi connectivity index (χ1v) is 8.76. The molecule has 0 radical (unpaired) electrons. The molecule has 0 saturated carbocycles. The molecule has 1 heterocycles. The van der Waals surface area contributed by atoms with Gasteiger partial charge in [0.2, 0.25) is 5.91 Å². The number of primary amides is 1. The number of hydrogen-bond donors (Lipinski definition) is 2. The van der Waals surface area contributed by atoms with Crippen LogP contribution in [0.4, 0.5) is 5.69 Å². The molecule has 2 aromatic carbocycles. The molecular weight excluding hydrogens is 374 g/mol. The number of hydrogen-bond acceptors (Lipinski definition) is 6. The van der Waals surface area contributed by atoms with Crippen molar-refractivity contribution in [3.63, 3.8) is 0 Å². The third kappa shape index (κ3) is 4.64. The molecule has 29 heavy (non-hydrogen) atoms. The van der Waals surface area contributed by atoms with Crippen molar-refractivity contribution in [3.05, 3.63) is 71.5 Å². The Morgan fingerprint density at radius 1 is 1.03 bits per heavy atom. The summed E-state index contributed by atoms with van der Waals surface area (Å²) >= 11 is 0. The number of carbonyl (C=O) groups excluding carboxylic acids is 3. The highest BCUT2D eigenvalue weighted by atomic mass is 16.5. The summed E-state index contributed by atoms with van der Waals surface area (Å²) in [6, 6.07) is 15.1. The van der Waals surface area contributed by atoms with Gasteiger partial charge in [0.05, 0.1) is 11.4 Å². The zero-order valence-electron chi connectivity index (χ0n) is 15.8. The van der Waals surface area contributed by atoms with Crippen LogP contribution in [-0.2, 0) is 9.53 Å². The van der Waals surface area contributed by atoms with Crippen molar-refractivity contribution < 1.29 is 19.1 Å². The smallest absolute Gasteiger partial charge is 0.361 e. The molecule has 1 aromatic heterocycles. The van der Waals surface area contributed by atoms with E-state index in [9.17, 15) is 14.4 Å². The molecule has 3 aromatic rings. The number of ether oxygens (including phenoxy) is 1. The molecule has 0 aliphatic heterocycles. The normalized spacial score (nSPS) is 11.5. The molecule has 0 bridgehead atoms. The van der Waals surface area contributed by atoms with E-state index in [1.165, 1.54) is 36.0 Å². The quantitative estimate of drug-likeness (QED) is 0.615. The summed E-state index contributed by atoms with van der Waals surface area (Å²) in [5, 5.41) is 11.0. The number of aromatic nitrogens is 3. The molecule has 148 valence electrons. The standard InChI is InChI=1S/C20H19N5O4/c1-12-17(24-25(23-12)16-6-4-3-5-7-16)20(28)29-13(2)19(27)22-15-10-8-14(9-11-15)18(21)26/h3-11,13H,1-2H3,(H2,21,26)(H,22,27). The molecule has 0 spiro atoms. The van der Waals surface area contributed by atoms with Crippen molar-refractivity contribution >= 4 is 23.5 Å². The molecular formula is C20H19N5O4. The van der Waals surface area contributed by atoms with Crippen LogP contribution in [0.2, 0.25) is 0 Å². The Balaban J connectivity index is 1.65. The lowest BCUT2D eigenvalue weighted by molar-refractivity contribution is -0.123. The minimum Gasteiger partial charge on any atom is -0.448 e. The highest BCUT2D eigenvalue weighted by Crippen LogP contribution is 2.13. The molecule has 0 aliphatic carbocycles. The molecule has 1 unspecified atom stereocenters. The van der Waals surface area contributed by atoms with Crippen molar-refractivity contribution in [3.8, 4) is 5.69 Å². The van der Waals surface area contributed by atoms with Crippen LogP contribution in [0.3, 0.4) is 0 Å². The van der Waals surface area contributed by atoms with E-state index in [1.807, 2.05) is 18.2 Å². The van der Waals surface area contributed by atoms with Crippen LogP contribution >= 0.6 is 0 Å². The summed E-state index contributed by atoms with van der Waals surface area (Å²) in [6.45, 7) is 3.08. The number of aryl methyl sites for hydroxylation is 1. The lowest BCUT2D eigenvalue weighted by Crippen LogP contribution is -2.30. The lowest BCUT2D eigenvalue weighted by Gasteiger charge is -2.13. The molecule has 0 saturated heterocycles. The minimum atomic E-state index is -1.07. The van der Waals surface area contributed by atoms with Gasteiger partial charge in [-0.2, -0.15) is 9.90 Å². The minimum absolute atomic E-state index is 0.0271. The van der Waals surface area contributed by atoms with Crippen LogP contribution in [0.25, 0.3) is 5.69 Å². The highest BCUT2D eigenvalue weighted by molar-refractivity contribution is 5.98. The molecule has 0 fully saturated rings. The zero-order valence-corrected chi connectivity index (χ0v) is 15.8. The largest absolute Gasteiger partial charge is 0.448 e. The topological polar surface area (TPSA) is 129 Å². The Hall–Kier alpha value is -4.01. The Morgan fingerprint density at radius 3 is 2.31 bits per heavy atom. The van der Waals surface area contributed by atoms with Crippen LogP contribution in [0.1, 0.15) is 33.5 Å². The SMILES string of the molecule is Cc1nn(-c2ccccc2)nc1C(=O)OC(C)C(=O)Nc1ccc(C(N)=O)cc1. The van der Waals surface area contributed by atoms with Gasteiger partial charge in [-0.15, -0.1) is 5.10 Å². The van der Waals surface area contributed by atoms with E-state index in [0.717, 1.165) is 0 Å². The van der Waals surface area contributed by atoms with E-state index in [-0.39, 0.29) is 5.69 Å². The van der Waals surface area contributed by atoms with Gasteiger partial charge in [-0.3, -0.25) is 9.59 Å². The van der Waals surface area contributed by atoms with Crippen LogP contribution in [0, 0.1) is 6.92 Å². The van der Waals surface area contributed by atoms with E-state index in [4.69, 9.17) is 10.5 Å². The van der Waals surface area contributed by atoms with Crippen molar-refractivity contribution in [1.29, 1.82) is 0 Å². The zero-order chi connectivity index (χ0) is 21.0. The fraction of sp³-hybridized carbons (Fsp3) is 0.150. The van der Waals surface area contributed by atoms with Crippen molar-refractivity contribution in [2.24, 2.45) is 5.73 Å². The summed E-state index contributed by atoms with van der Waals surface area (Å²) in [6.07, 6.45) is -1.07. The Bertz CT molecular complexity index is 1040. The Labute approximate surface area is 166 Å². The van der Waals surface area contributed by atoms with Crippen LogP contribution < -0.4 is 11.1 Å². The molecule has 9 nitrogen and oxygen atoms in total. The number of rotatable bonds is 6. The molecule has 3 rings (SSSR count). The molecule has 0 aliphatic rings. The fourth-order valence-corrected chi connectivity index (χ4v) is 2.48. The van der Waals surface area contributed by atoms with E-state index < -0.39 is 23.9 Å². The second-order valence-electron chi connectivity index (χ2n) is 6.24. The average Bonchev–Trinajstić information content (AvgIpc) is 3.11. The second kappa shape index (κ2) is 8.34. The van der Waals surface area contributed by atoms with Gasteiger partial charge in [-0.1, -0.05) is 18.2 Å². The number of carbonyl (C=O) groups is 3. The summed E-state index contributed by atoms with van der Waals surface area (Å²) < 4.78 is 5.22. The van der Waals surface area contributed by atoms with Gasteiger partial charge < -0.3 is 15.8 Å². The maximum atomic E-state index is 12.4. The summed E-state index contributed by atoms with van der Waals surface area (Å²) in [5.74, 6) is -1.85. The van der Waals surface area contributed by atoms with Gasteiger partial charge in [0.25, 0.3) is 5.91 Å². The van der Waals surface area contributed by atoms with Gasteiger partial charge >= 0.3 is 5.97 Å². The molecule has 1 atom stereocenters. The molecule has 9 heteroatoms. The van der Waals surface area contributed by atoms with Crippen molar-refractivity contribution in [2.75, 3.05) is 5.32 Å². The summed E-state index contributed by atoms with van der Waals surface area (Å²) in [4.78, 5) is 37.1. The van der Waals surface area contributed by atoms with Crippen LogP contribution in [0.15, 0.2) is 54.6 Å². The van der Waals surface area contributed by atoms with E-state index >= 15 is 0 Å². The maximum absolute atomic E-state index is 12.4. The monoisotopic (exact) mass is 393 g/mol. The van der Waals surface area contributed by atoms with Gasteiger partial charge in [0, 0.05) is 11.3 Å². The molecule has 3 N–H and O–H groups in total. The maximum Gasteiger partial charge on any atom is 0.361 e. The van der Waals surface area contributed by atoms with E-state index in [0.29, 0.717) is 22.6 Å². The van der Waals surface area contributed by atoms with E-state index in [1.54, 1.807) is 19.1 Å². The predicted octanol–water partition coefficient (Wildman–Crippen LogP) is 1.86. The number of para-hydroxylation sites is 1. The summed E-state index contributed by atoms with van der Waals surface area (Å²) in [5.41, 5.74) is 7.04. The second-order valence-corrected chi connectivity index (χ2v) is 6.24. The van der Waals surface area contributed by atoms with E-state index in [2.05, 4.69) is 15.5 Å². The Kier molecular flexibility index (Phi) is 5.68. The number of nitrogens with zero attached hydrogens (tertiary/aromatic N) is 3. The first kappa shape index (κ1) is 19.7. The third-order valence-corrected chi connectivity index (χ3v) is 4.05.